The predicted octanol–water partition coefficient (Wildman–Crippen LogP) is 4.26. The summed E-state index contributed by atoms with van der Waals surface area (Å²) >= 11 is 0. The number of ether oxygens (including phenoxy) is 2. The molecule has 0 aromatic heterocycles. The van der Waals surface area contributed by atoms with E-state index < -0.39 is 17.0 Å². The van der Waals surface area contributed by atoms with Crippen LogP contribution in [0.2, 0.25) is 0 Å². The van der Waals surface area contributed by atoms with Crippen LogP contribution in [0.1, 0.15) is 80.1 Å². The third kappa shape index (κ3) is 4.47. The van der Waals surface area contributed by atoms with Crippen LogP contribution >= 0.6 is 0 Å². The van der Waals surface area contributed by atoms with Gasteiger partial charge in [-0.2, -0.15) is 0 Å². The van der Waals surface area contributed by atoms with E-state index in [4.69, 9.17) is 9.47 Å². The highest BCUT2D eigenvalue weighted by Gasteiger charge is 2.44. The van der Waals surface area contributed by atoms with Gasteiger partial charge in [0, 0.05) is 5.41 Å². The molecule has 0 unspecified atom stereocenters. The zero-order valence-corrected chi connectivity index (χ0v) is 15.1. The van der Waals surface area contributed by atoms with Crippen LogP contribution in [0.15, 0.2) is 0 Å². The average molecular weight is 312 g/mol. The monoisotopic (exact) mass is 312 g/mol. The van der Waals surface area contributed by atoms with Gasteiger partial charge in [-0.1, -0.05) is 33.1 Å². The molecule has 22 heavy (non-hydrogen) atoms. The van der Waals surface area contributed by atoms with Crippen molar-refractivity contribution >= 4 is 11.9 Å². The van der Waals surface area contributed by atoms with Crippen LogP contribution in [-0.2, 0) is 19.1 Å². The zero-order chi connectivity index (χ0) is 17.0. The first-order valence-electron chi connectivity index (χ1n) is 8.43. The fourth-order valence-electron chi connectivity index (χ4n) is 2.84. The Balaban J connectivity index is 2.55. The minimum atomic E-state index is -0.564. The SMILES string of the molecule is CCC(C)(C)C(=O)OCC(=O)OC(C)(C)C1(C)CCCCC1. The molecular formula is C18H32O4. The summed E-state index contributed by atoms with van der Waals surface area (Å²) in [6.07, 6.45) is 6.41. The Morgan fingerprint density at radius 2 is 1.59 bits per heavy atom. The van der Waals surface area contributed by atoms with Gasteiger partial charge in [0.05, 0.1) is 5.41 Å². The summed E-state index contributed by atoms with van der Waals surface area (Å²) in [4.78, 5) is 24.0. The minimum Gasteiger partial charge on any atom is -0.457 e. The lowest BCUT2D eigenvalue weighted by Gasteiger charge is -2.46. The molecule has 0 amide bonds. The Kier molecular flexibility index (Phi) is 6.05. The molecule has 1 saturated carbocycles. The molecule has 1 rings (SSSR count). The van der Waals surface area contributed by atoms with E-state index >= 15 is 0 Å². The van der Waals surface area contributed by atoms with Crippen molar-refractivity contribution < 1.29 is 19.1 Å². The maximum Gasteiger partial charge on any atom is 0.344 e. The highest BCUT2D eigenvalue weighted by atomic mass is 16.6. The lowest BCUT2D eigenvalue weighted by Crippen LogP contribution is -2.47. The second-order valence-corrected chi connectivity index (χ2v) is 7.92. The van der Waals surface area contributed by atoms with E-state index in [9.17, 15) is 9.59 Å². The van der Waals surface area contributed by atoms with E-state index in [1.54, 1.807) is 0 Å². The van der Waals surface area contributed by atoms with Crippen molar-refractivity contribution in [1.82, 2.24) is 0 Å². The Bertz CT molecular complexity index is 403. The second-order valence-electron chi connectivity index (χ2n) is 7.92. The average Bonchev–Trinajstić information content (AvgIpc) is 2.44. The topological polar surface area (TPSA) is 52.6 Å². The molecule has 4 heteroatoms. The number of esters is 2. The summed E-state index contributed by atoms with van der Waals surface area (Å²) in [6, 6.07) is 0. The second kappa shape index (κ2) is 7.01. The summed E-state index contributed by atoms with van der Waals surface area (Å²) in [6.45, 7) is 11.4. The van der Waals surface area contributed by atoms with E-state index in [-0.39, 0.29) is 18.0 Å². The maximum atomic E-state index is 12.1. The summed E-state index contributed by atoms with van der Waals surface area (Å²) in [5.74, 6) is -0.814. The van der Waals surface area contributed by atoms with Crippen LogP contribution < -0.4 is 0 Å². The number of hydrogen-bond acceptors (Lipinski definition) is 4. The molecular weight excluding hydrogens is 280 g/mol. The number of carbonyl (C=O) groups is 2. The molecule has 128 valence electrons. The lowest BCUT2D eigenvalue weighted by molar-refractivity contribution is -0.182. The van der Waals surface area contributed by atoms with Gasteiger partial charge >= 0.3 is 11.9 Å². The molecule has 0 N–H and O–H groups in total. The van der Waals surface area contributed by atoms with E-state index in [1.165, 1.54) is 19.3 Å². The largest absolute Gasteiger partial charge is 0.457 e. The molecule has 0 heterocycles. The maximum absolute atomic E-state index is 12.1. The van der Waals surface area contributed by atoms with Crippen LogP contribution in [0.4, 0.5) is 0 Å². The van der Waals surface area contributed by atoms with Crippen molar-refractivity contribution in [3.63, 3.8) is 0 Å². The standard InChI is InChI=1S/C18H32O4/c1-7-16(2,3)15(20)21-13-14(19)22-17(4,5)18(6)11-9-8-10-12-18/h7-13H2,1-6H3. The van der Waals surface area contributed by atoms with Crippen molar-refractivity contribution in [3.05, 3.63) is 0 Å². The smallest absolute Gasteiger partial charge is 0.344 e. The predicted molar refractivity (Wildman–Crippen MR) is 86.4 cm³/mol. The Labute approximate surface area is 134 Å². The summed E-state index contributed by atoms with van der Waals surface area (Å²) < 4.78 is 10.8. The van der Waals surface area contributed by atoms with E-state index in [1.807, 2.05) is 34.6 Å². The van der Waals surface area contributed by atoms with Gasteiger partial charge in [-0.25, -0.2) is 4.79 Å². The van der Waals surface area contributed by atoms with Gasteiger partial charge in [-0.15, -0.1) is 0 Å². The quantitative estimate of drug-likeness (QED) is 0.688. The van der Waals surface area contributed by atoms with Crippen LogP contribution in [-0.4, -0.2) is 24.1 Å². The van der Waals surface area contributed by atoms with Crippen LogP contribution in [0.5, 0.6) is 0 Å². The lowest BCUT2D eigenvalue weighted by atomic mass is 9.66. The Hall–Kier alpha value is -1.06. The van der Waals surface area contributed by atoms with Crippen molar-refractivity contribution in [2.75, 3.05) is 6.61 Å². The van der Waals surface area contributed by atoms with Gasteiger partial charge in [-0.05, 0) is 47.0 Å². The van der Waals surface area contributed by atoms with E-state index in [2.05, 4.69) is 6.92 Å². The third-order valence-electron chi connectivity index (χ3n) is 5.54. The molecule has 0 radical (unpaired) electrons. The van der Waals surface area contributed by atoms with Crippen LogP contribution in [0.3, 0.4) is 0 Å². The molecule has 0 aromatic rings. The van der Waals surface area contributed by atoms with E-state index in [0.717, 1.165) is 12.8 Å². The number of carbonyl (C=O) groups excluding carboxylic acids is 2. The molecule has 0 atom stereocenters. The fourth-order valence-corrected chi connectivity index (χ4v) is 2.84. The summed E-state index contributed by atoms with van der Waals surface area (Å²) in [5.41, 5.74) is -1.12. The Morgan fingerprint density at radius 1 is 1.05 bits per heavy atom. The summed E-state index contributed by atoms with van der Waals surface area (Å²) in [5, 5.41) is 0. The van der Waals surface area contributed by atoms with Crippen molar-refractivity contribution in [2.45, 2.75) is 85.7 Å². The van der Waals surface area contributed by atoms with Gasteiger partial charge < -0.3 is 9.47 Å². The fraction of sp³-hybridized carbons (Fsp3) is 0.889. The van der Waals surface area contributed by atoms with Gasteiger partial charge in [0.25, 0.3) is 0 Å². The number of hydrogen-bond donors (Lipinski definition) is 0. The van der Waals surface area contributed by atoms with Gasteiger partial charge in [0.15, 0.2) is 6.61 Å². The molecule has 0 aliphatic heterocycles. The van der Waals surface area contributed by atoms with Crippen molar-refractivity contribution in [1.29, 1.82) is 0 Å². The van der Waals surface area contributed by atoms with Crippen LogP contribution in [0.25, 0.3) is 0 Å². The van der Waals surface area contributed by atoms with Gasteiger partial charge in [0.2, 0.25) is 0 Å². The van der Waals surface area contributed by atoms with Crippen molar-refractivity contribution in [3.8, 4) is 0 Å². The minimum absolute atomic E-state index is 0.00634. The van der Waals surface area contributed by atoms with Gasteiger partial charge in [-0.3, -0.25) is 4.79 Å². The van der Waals surface area contributed by atoms with E-state index in [0.29, 0.717) is 6.42 Å². The summed E-state index contributed by atoms with van der Waals surface area (Å²) in [7, 11) is 0. The first-order valence-corrected chi connectivity index (χ1v) is 8.43. The molecule has 4 nitrogen and oxygen atoms in total. The molecule has 0 aromatic carbocycles. The first-order chi connectivity index (χ1) is 10.0. The molecule has 1 aliphatic carbocycles. The van der Waals surface area contributed by atoms with Gasteiger partial charge in [0.1, 0.15) is 5.60 Å². The first kappa shape index (κ1) is 19.0. The Morgan fingerprint density at radius 3 is 2.09 bits per heavy atom. The molecule has 1 aliphatic rings. The third-order valence-corrected chi connectivity index (χ3v) is 5.54. The number of rotatable bonds is 6. The van der Waals surface area contributed by atoms with Crippen LogP contribution in [0, 0.1) is 10.8 Å². The molecule has 1 fully saturated rings. The van der Waals surface area contributed by atoms with Crippen molar-refractivity contribution in [2.24, 2.45) is 10.8 Å². The zero-order valence-electron chi connectivity index (χ0n) is 15.1. The molecule has 0 saturated heterocycles. The normalized spacial score (nSPS) is 18.6. The highest BCUT2D eigenvalue weighted by Crippen LogP contribution is 2.46. The molecule has 0 spiro atoms. The highest BCUT2D eigenvalue weighted by molar-refractivity contribution is 5.79. The molecule has 0 bridgehead atoms.